The Morgan fingerprint density at radius 1 is 0.615 bits per heavy atom. The minimum atomic E-state index is -4.99. The summed E-state index contributed by atoms with van der Waals surface area (Å²) in [6, 6.07) is 26.8. The van der Waals surface area contributed by atoms with Crippen molar-refractivity contribution >= 4 is 32.6 Å². The fourth-order valence-electron chi connectivity index (χ4n) is 5.14. The highest BCUT2D eigenvalue weighted by molar-refractivity contribution is 6.21. The van der Waals surface area contributed by atoms with Crippen molar-refractivity contribution in [1.82, 2.24) is 4.57 Å². The second kappa shape index (κ2) is 8.63. The van der Waals surface area contributed by atoms with Crippen LogP contribution in [-0.4, -0.2) is 4.57 Å². The van der Waals surface area contributed by atoms with Crippen molar-refractivity contribution in [1.29, 1.82) is 5.26 Å². The zero-order valence-corrected chi connectivity index (χ0v) is 19.9. The smallest absolute Gasteiger partial charge is 0.309 e. The lowest BCUT2D eigenvalue weighted by Crippen LogP contribution is -2.11. The van der Waals surface area contributed by atoms with Gasteiger partial charge in [-0.25, -0.2) is 0 Å². The molecule has 0 unspecified atom stereocenters. The summed E-state index contributed by atoms with van der Waals surface area (Å²) in [5.41, 5.74) is -1.04. The van der Waals surface area contributed by atoms with Gasteiger partial charge in [0.1, 0.15) is 0 Å². The van der Waals surface area contributed by atoms with E-state index in [-0.39, 0.29) is 22.8 Å². The second-order valence-corrected chi connectivity index (χ2v) is 9.17. The molecule has 6 aromatic rings. The van der Waals surface area contributed by atoms with Crippen LogP contribution in [0.2, 0.25) is 0 Å². The van der Waals surface area contributed by atoms with Gasteiger partial charge in [-0.3, -0.25) is 0 Å². The molecule has 0 radical (unpaired) electrons. The van der Waals surface area contributed by atoms with Crippen molar-refractivity contribution < 1.29 is 26.3 Å². The van der Waals surface area contributed by atoms with Crippen molar-refractivity contribution in [3.05, 3.63) is 114 Å². The van der Waals surface area contributed by atoms with Crippen LogP contribution in [0.4, 0.5) is 26.3 Å². The Morgan fingerprint density at radius 2 is 1.26 bits per heavy atom. The first-order valence-electron chi connectivity index (χ1n) is 11.8. The van der Waals surface area contributed by atoms with E-state index in [1.165, 1.54) is 18.2 Å². The number of benzene rings is 5. The number of halogens is 6. The number of hydrogen-bond donors (Lipinski definition) is 0. The van der Waals surface area contributed by atoms with Gasteiger partial charge in [-0.05, 0) is 58.8 Å². The van der Waals surface area contributed by atoms with Crippen molar-refractivity contribution in [2.75, 3.05) is 0 Å². The maximum Gasteiger partial charge on any atom is 0.416 e. The third kappa shape index (κ3) is 4.07. The summed E-state index contributed by atoms with van der Waals surface area (Å²) in [5, 5.41) is 13.3. The molecule has 8 heteroatoms. The molecular formula is C31H16F6N2. The molecular weight excluding hydrogens is 514 g/mol. The standard InChI is InChI=1S/C31H16F6N2/c32-30(33,34)21-14-20(15-22(16-21)31(35,36)37)23-11-9-18(17-38)13-28(23)39-26-8-4-3-7-25(26)29-24-6-2-1-5-19(24)10-12-27(29)39/h1-16H. The number of nitriles is 1. The van der Waals surface area contributed by atoms with E-state index >= 15 is 0 Å². The molecule has 0 saturated carbocycles. The lowest BCUT2D eigenvalue weighted by molar-refractivity contribution is -0.143. The molecule has 0 N–H and O–H groups in total. The van der Waals surface area contributed by atoms with Gasteiger partial charge >= 0.3 is 12.4 Å². The Labute approximate surface area is 217 Å². The van der Waals surface area contributed by atoms with E-state index in [0.29, 0.717) is 28.9 Å². The van der Waals surface area contributed by atoms with Crippen molar-refractivity contribution in [2.24, 2.45) is 0 Å². The van der Waals surface area contributed by atoms with Gasteiger partial charge in [0.25, 0.3) is 0 Å². The Hall–Kier alpha value is -4.77. The molecule has 5 aromatic carbocycles. The van der Waals surface area contributed by atoms with Crippen LogP contribution >= 0.6 is 0 Å². The third-order valence-corrected chi connectivity index (χ3v) is 6.83. The van der Waals surface area contributed by atoms with E-state index in [1.807, 2.05) is 60.7 Å². The zero-order chi connectivity index (χ0) is 27.5. The van der Waals surface area contributed by atoms with Gasteiger partial charge in [0.15, 0.2) is 0 Å². The minimum Gasteiger partial charge on any atom is -0.309 e. The fourth-order valence-corrected chi connectivity index (χ4v) is 5.14. The average molecular weight is 530 g/mol. The molecule has 0 spiro atoms. The SMILES string of the molecule is N#Cc1ccc(-c2cc(C(F)(F)F)cc(C(F)(F)F)c2)c(-n2c3ccccc3c3c4ccccc4ccc32)c1. The minimum absolute atomic E-state index is 0.111. The van der Waals surface area contributed by atoms with E-state index in [2.05, 4.69) is 0 Å². The van der Waals surface area contributed by atoms with Crippen LogP contribution in [0.3, 0.4) is 0 Å². The summed E-state index contributed by atoms with van der Waals surface area (Å²) < 4.78 is 84.0. The molecule has 0 saturated heterocycles. The molecule has 0 aliphatic carbocycles. The molecule has 39 heavy (non-hydrogen) atoms. The molecule has 0 atom stereocenters. The van der Waals surface area contributed by atoms with Crippen LogP contribution in [0, 0.1) is 11.3 Å². The van der Waals surface area contributed by atoms with E-state index in [9.17, 15) is 31.6 Å². The zero-order valence-electron chi connectivity index (χ0n) is 19.9. The number of para-hydroxylation sites is 1. The van der Waals surface area contributed by atoms with Gasteiger partial charge < -0.3 is 4.57 Å². The van der Waals surface area contributed by atoms with Crippen LogP contribution in [0.5, 0.6) is 0 Å². The normalized spacial score (nSPS) is 12.3. The number of aromatic nitrogens is 1. The summed E-state index contributed by atoms with van der Waals surface area (Å²) in [5.74, 6) is 0. The first kappa shape index (κ1) is 24.6. The van der Waals surface area contributed by atoms with Gasteiger partial charge in [0.2, 0.25) is 0 Å². The van der Waals surface area contributed by atoms with E-state index in [1.54, 1.807) is 10.6 Å². The molecule has 1 aromatic heterocycles. The van der Waals surface area contributed by atoms with E-state index in [0.717, 1.165) is 21.5 Å². The lowest BCUT2D eigenvalue weighted by atomic mass is 9.96. The summed E-state index contributed by atoms with van der Waals surface area (Å²) in [6.07, 6.45) is -9.98. The van der Waals surface area contributed by atoms with Crippen molar-refractivity contribution in [2.45, 2.75) is 12.4 Å². The molecule has 0 fully saturated rings. The van der Waals surface area contributed by atoms with E-state index < -0.39 is 23.5 Å². The summed E-state index contributed by atoms with van der Waals surface area (Å²) in [4.78, 5) is 0. The fraction of sp³-hybridized carbons (Fsp3) is 0.0645. The van der Waals surface area contributed by atoms with Crippen molar-refractivity contribution in [3.8, 4) is 22.9 Å². The molecule has 6 rings (SSSR count). The summed E-state index contributed by atoms with van der Waals surface area (Å²) >= 11 is 0. The highest BCUT2D eigenvalue weighted by Gasteiger charge is 2.37. The van der Waals surface area contributed by atoms with Crippen molar-refractivity contribution in [3.63, 3.8) is 0 Å². The predicted molar refractivity (Wildman–Crippen MR) is 138 cm³/mol. The number of rotatable bonds is 2. The molecule has 0 amide bonds. The Kier molecular flexibility index (Phi) is 5.44. The van der Waals surface area contributed by atoms with Gasteiger partial charge in [-0.15, -0.1) is 0 Å². The maximum absolute atomic E-state index is 13.7. The maximum atomic E-state index is 13.7. The number of fused-ring (bicyclic) bond motifs is 5. The quantitative estimate of drug-likeness (QED) is 0.205. The van der Waals surface area contributed by atoms with Crippen LogP contribution < -0.4 is 0 Å². The number of hydrogen-bond acceptors (Lipinski definition) is 1. The average Bonchev–Trinajstić information content (AvgIpc) is 3.26. The van der Waals surface area contributed by atoms with Crippen LogP contribution in [-0.2, 0) is 12.4 Å². The molecule has 0 aliphatic rings. The molecule has 2 nitrogen and oxygen atoms in total. The highest BCUT2D eigenvalue weighted by atomic mass is 19.4. The summed E-state index contributed by atoms with van der Waals surface area (Å²) in [7, 11) is 0. The predicted octanol–water partition coefficient (Wildman–Crippen LogP) is 9.51. The Bertz CT molecular complexity index is 1920. The highest BCUT2D eigenvalue weighted by Crippen LogP contribution is 2.42. The monoisotopic (exact) mass is 530 g/mol. The summed E-state index contributed by atoms with van der Waals surface area (Å²) in [6.45, 7) is 0. The van der Waals surface area contributed by atoms with Gasteiger partial charge in [-0.1, -0.05) is 54.6 Å². The second-order valence-electron chi connectivity index (χ2n) is 9.17. The molecule has 0 aliphatic heterocycles. The lowest BCUT2D eigenvalue weighted by Gasteiger charge is -2.18. The number of nitrogens with zero attached hydrogens (tertiary/aromatic N) is 2. The first-order chi connectivity index (χ1) is 18.6. The number of alkyl halides is 6. The first-order valence-corrected chi connectivity index (χ1v) is 11.8. The van der Waals surface area contributed by atoms with Crippen LogP contribution in [0.1, 0.15) is 16.7 Å². The van der Waals surface area contributed by atoms with Gasteiger partial charge in [0, 0.05) is 16.3 Å². The van der Waals surface area contributed by atoms with Gasteiger partial charge in [0.05, 0.1) is 39.5 Å². The largest absolute Gasteiger partial charge is 0.416 e. The van der Waals surface area contributed by atoms with Gasteiger partial charge in [-0.2, -0.15) is 31.6 Å². The Balaban J connectivity index is 1.75. The molecule has 1 heterocycles. The molecule has 0 bridgehead atoms. The topological polar surface area (TPSA) is 28.7 Å². The van der Waals surface area contributed by atoms with Crippen LogP contribution in [0.15, 0.2) is 97.1 Å². The Morgan fingerprint density at radius 3 is 1.92 bits per heavy atom. The molecule has 192 valence electrons. The third-order valence-electron chi connectivity index (χ3n) is 6.83. The van der Waals surface area contributed by atoms with Crippen LogP contribution in [0.25, 0.3) is 49.4 Å². The van der Waals surface area contributed by atoms with E-state index in [4.69, 9.17) is 0 Å².